The lowest BCUT2D eigenvalue weighted by Crippen LogP contribution is -2.36. The Morgan fingerprint density at radius 3 is 2.63 bits per heavy atom. The van der Waals surface area contributed by atoms with Gasteiger partial charge in [-0.25, -0.2) is 9.97 Å². The molecule has 2 fully saturated rings. The maximum atomic E-state index is 12.6. The van der Waals surface area contributed by atoms with Gasteiger partial charge in [0.05, 0.1) is 41.7 Å². The molecule has 2 aromatic carbocycles. The zero-order valence-electron chi connectivity index (χ0n) is 22.2. The number of nitrogens with zero attached hydrogens (tertiary/aromatic N) is 4. The number of likely N-dealkylation sites (tertiary alicyclic amines) is 1. The smallest absolute Gasteiger partial charge is 0.248 e. The molecule has 0 spiro atoms. The van der Waals surface area contributed by atoms with Crippen molar-refractivity contribution in [3.63, 3.8) is 0 Å². The van der Waals surface area contributed by atoms with Crippen LogP contribution in [0.5, 0.6) is 5.75 Å². The number of hydrogen-bond donors (Lipinski definition) is 2. The largest absolute Gasteiger partial charge is 0.486 e. The predicted octanol–water partition coefficient (Wildman–Crippen LogP) is 4.60. The van der Waals surface area contributed by atoms with Gasteiger partial charge in [-0.2, -0.15) is 0 Å². The van der Waals surface area contributed by atoms with Crippen molar-refractivity contribution in [2.45, 2.75) is 18.8 Å². The highest BCUT2D eigenvalue weighted by molar-refractivity contribution is 6.32. The molecule has 1 amide bonds. The molecule has 10 nitrogen and oxygen atoms in total. The van der Waals surface area contributed by atoms with Crippen LogP contribution < -0.4 is 15.4 Å². The predicted molar refractivity (Wildman–Crippen MR) is 157 cm³/mol. The van der Waals surface area contributed by atoms with Gasteiger partial charge in [-0.15, -0.1) is 0 Å². The fraction of sp³-hybridized carbons (Fsp3) is 0.267. The van der Waals surface area contributed by atoms with Gasteiger partial charge in [0.1, 0.15) is 24.5 Å². The average molecular weight is 573 g/mol. The van der Waals surface area contributed by atoms with Gasteiger partial charge in [0, 0.05) is 48.7 Å². The van der Waals surface area contributed by atoms with E-state index in [1.54, 1.807) is 24.4 Å². The number of carbonyl (C=O) groups excluding carboxylic acids is 1. The van der Waals surface area contributed by atoms with E-state index in [4.69, 9.17) is 25.8 Å². The standard InChI is InChI=1S/C30H29ClN6O4/c31-24-15-21(7-9-26(24)41-18-22-4-1-2-10-32-22)36-30-23-14-20(6-8-25(23)33-19-34-30)35-29(38)5-3-11-37-16-27-28(17-37)40-13-12-39-27/h1-10,14-15,19,27-28H,11-13,16-18H2,(H,35,38)(H,33,34,36)/b5-3+. The third-order valence-corrected chi connectivity index (χ3v) is 7.17. The Hall–Kier alpha value is -4.09. The molecule has 0 saturated carbocycles. The number of pyridine rings is 1. The van der Waals surface area contributed by atoms with Crippen LogP contribution in [0.3, 0.4) is 0 Å². The summed E-state index contributed by atoms with van der Waals surface area (Å²) in [6.45, 7) is 3.87. The minimum absolute atomic E-state index is 0.119. The number of amides is 1. The Kier molecular flexibility index (Phi) is 8.33. The van der Waals surface area contributed by atoms with E-state index in [2.05, 4.69) is 30.5 Å². The quantitative estimate of drug-likeness (QED) is 0.278. The number of nitrogens with one attached hydrogen (secondary N) is 2. The van der Waals surface area contributed by atoms with Gasteiger partial charge in [0.25, 0.3) is 0 Å². The summed E-state index contributed by atoms with van der Waals surface area (Å²) in [5.41, 5.74) is 2.91. The van der Waals surface area contributed by atoms with Crippen LogP contribution in [0.4, 0.5) is 17.2 Å². The van der Waals surface area contributed by atoms with Crippen LogP contribution >= 0.6 is 11.6 Å². The van der Waals surface area contributed by atoms with E-state index >= 15 is 0 Å². The third-order valence-electron chi connectivity index (χ3n) is 6.87. The molecule has 2 unspecified atom stereocenters. The summed E-state index contributed by atoms with van der Waals surface area (Å²) in [6.07, 6.45) is 6.85. The molecule has 210 valence electrons. The number of benzene rings is 2. The van der Waals surface area contributed by atoms with Crippen molar-refractivity contribution >= 4 is 45.6 Å². The number of anilines is 3. The molecule has 0 radical (unpaired) electrons. The Bertz CT molecular complexity index is 1540. The van der Waals surface area contributed by atoms with Crippen molar-refractivity contribution in [1.82, 2.24) is 19.9 Å². The molecule has 4 aromatic rings. The maximum absolute atomic E-state index is 12.6. The van der Waals surface area contributed by atoms with E-state index < -0.39 is 0 Å². The average Bonchev–Trinajstić information content (AvgIpc) is 3.40. The van der Waals surface area contributed by atoms with Crippen molar-refractivity contribution in [1.29, 1.82) is 0 Å². The van der Waals surface area contributed by atoms with E-state index in [0.29, 0.717) is 48.6 Å². The van der Waals surface area contributed by atoms with E-state index in [-0.39, 0.29) is 18.1 Å². The van der Waals surface area contributed by atoms with Crippen molar-refractivity contribution in [2.75, 3.05) is 43.5 Å². The number of hydrogen-bond acceptors (Lipinski definition) is 9. The number of halogens is 1. The molecule has 2 N–H and O–H groups in total. The Balaban J connectivity index is 1.08. The first kappa shape index (κ1) is 27.1. The maximum Gasteiger partial charge on any atom is 0.248 e. The molecule has 2 aliphatic heterocycles. The van der Waals surface area contributed by atoms with Crippen LogP contribution in [-0.2, 0) is 20.9 Å². The van der Waals surface area contributed by atoms with Crippen LogP contribution in [0, 0.1) is 0 Å². The SMILES string of the molecule is O=C(/C=C/CN1CC2OCCOC2C1)Nc1ccc2ncnc(Nc3ccc(OCc4ccccn4)c(Cl)c3)c2c1. The number of ether oxygens (including phenoxy) is 3. The molecule has 11 heteroatoms. The molecule has 0 bridgehead atoms. The van der Waals surface area contributed by atoms with Crippen LogP contribution in [0.25, 0.3) is 10.9 Å². The third kappa shape index (κ3) is 6.80. The molecular weight excluding hydrogens is 544 g/mol. The van der Waals surface area contributed by atoms with Gasteiger partial charge in [-0.1, -0.05) is 23.7 Å². The first-order chi connectivity index (χ1) is 20.1. The van der Waals surface area contributed by atoms with Crippen molar-refractivity contribution in [2.24, 2.45) is 0 Å². The van der Waals surface area contributed by atoms with E-state index in [1.165, 1.54) is 6.33 Å². The highest BCUT2D eigenvalue weighted by atomic mass is 35.5. The fourth-order valence-corrected chi connectivity index (χ4v) is 5.12. The summed E-state index contributed by atoms with van der Waals surface area (Å²) >= 11 is 6.49. The molecule has 0 aliphatic carbocycles. The lowest BCUT2D eigenvalue weighted by Gasteiger charge is -2.24. The van der Waals surface area contributed by atoms with Crippen LogP contribution in [0.1, 0.15) is 5.69 Å². The summed E-state index contributed by atoms with van der Waals surface area (Å²) in [5.74, 6) is 0.922. The molecule has 6 rings (SSSR count). The minimum Gasteiger partial charge on any atom is -0.486 e. The normalized spacial score (nSPS) is 18.9. The number of fused-ring (bicyclic) bond motifs is 2. The molecular formula is C30H29ClN6O4. The van der Waals surface area contributed by atoms with Crippen LogP contribution in [-0.4, -0.2) is 70.8 Å². The van der Waals surface area contributed by atoms with Gasteiger partial charge < -0.3 is 24.8 Å². The lowest BCUT2D eigenvalue weighted by atomic mass is 10.2. The molecule has 2 aromatic heterocycles. The van der Waals surface area contributed by atoms with Crippen LogP contribution in [0.15, 0.2) is 79.3 Å². The summed E-state index contributed by atoms with van der Waals surface area (Å²) in [6, 6.07) is 16.6. The summed E-state index contributed by atoms with van der Waals surface area (Å²) in [4.78, 5) is 27.9. The first-order valence-corrected chi connectivity index (χ1v) is 13.8. The number of aromatic nitrogens is 3. The summed E-state index contributed by atoms with van der Waals surface area (Å²) in [7, 11) is 0. The monoisotopic (exact) mass is 572 g/mol. The zero-order chi connectivity index (χ0) is 28.0. The van der Waals surface area contributed by atoms with Gasteiger partial charge in [0.2, 0.25) is 5.91 Å². The Morgan fingerprint density at radius 2 is 1.85 bits per heavy atom. The van der Waals surface area contributed by atoms with E-state index in [1.807, 2.05) is 48.5 Å². The van der Waals surface area contributed by atoms with Gasteiger partial charge >= 0.3 is 0 Å². The second-order valence-electron chi connectivity index (χ2n) is 9.76. The molecule has 41 heavy (non-hydrogen) atoms. The Labute approximate surface area is 242 Å². The van der Waals surface area contributed by atoms with Crippen molar-refractivity contribution in [3.05, 3.63) is 90.0 Å². The first-order valence-electron chi connectivity index (χ1n) is 13.4. The molecule has 2 atom stereocenters. The van der Waals surface area contributed by atoms with Crippen molar-refractivity contribution < 1.29 is 19.0 Å². The van der Waals surface area contributed by atoms with Gasteiger partial charge in [-0.05, 0) is 48.5 Å². The highest BCUT2D eigenvalue weighted by Gasteiger charge is 2.35. The fourth-order valence-electron chi connectivity index (χ4n) is 4.88. The number of rotatable bonds is 9. The second kappa shape index (κ2) is 12.6. The lowest BCUT2D eigenvalue weighted by molar-refractivity contribution is -0.116. The topological polar surface area (TPSA) is 111 Å². The zero-order valence-corrected chi connectivity index (χ0v) is 23.0. The molecule has 4 heterocycles. The second-order valence-corrected chi connectivity index (χ2v) is 10.2. The van der Waals surface area contributed by atoms with Crippen LogP contribution in [0.2, 0.25) is 5.02 Å². The number of carbonyl (C=O) groups is 1. The highest BCUT2D eigenvalue weighted by Crippen LogP contribution is 2.31. The summed E-state index contributed by atoms with van der Waals surface area (Å²) < 4.78 is 17.3. The summed E-state index contributed by atoms with van der Waals surface area (Å²) in [5, 5.41) is 7.43. The van der Waals surface area contributed by atoms with E-state index in [9.17, 15) is 4.79 Å². The van der Waals surface area contributed by atoms with Gasteiger partial charge in [-0.3, -0.25) is 14.7 Å². The molecule has 2 aliphatic rings. The van der Waals surface area contributed by atoms with Gasteiger partial charge in [0.15, 0.2) is 0 Å². The van der Waals surface area contributed by atoms with Crippen molar-refractivity contribution in [3.8, 4) is 5.75 Å². The van der Waals surface area contributed by atoms with E-state index in [0.717, 1.165) is 35.4 Å². The molecule has 2 saturated heterocycles. The minimum atomic E-state index is -0.215. The Morgan fingerprint density at radius 1 is 1.02 bits per heavy atom.